The first kappa shape index (κ1) is 13.5. The summed E-state index contributed by atoms with van der Waals surface area (Å²) < 4.78 is 6.31. The highest BCUT2D eigenvalue weighted by atomic mass is 79.9. The van der Waals surface area contributed by atoms with Crippen LogP contribution in [-0.4, -0.2) is 16.2 Å². The van der Waals surface area contributed by atoms with E-state index in [4.69, 9.17) is 4.74 Å². The summed E-state index contributed by atoms with van der Waals surface area (Å²) in [5.41, 5.74) is 2.51. The van der Waals surface area contributed by atoms with E-state index in [1.165, 1.54) is 11.3 Å². The quantitative estimate of drug-likeness (QED) is 0.929. The van der Waals surface area contributed by atoms with E-state index >= 15 is 0 Å². The third kappa shape index (κ3) is 3.10. The van der Waals surface area contributed by atoms with Crippen molar-refractivity contribution in [3.8, 4) is 5.75 Å². The van der Waals surface area contributed by atoms with Gasteiger partial charge in [0.05, 0.1) is 16.5 Å². The number of ether oxygens (including phenoxy) is 1. The minimum absolute atomic E-state index is 0.118. The van der Waals surface area contributed by atoms with Gasteiger partial charge >= 0.3 is 0 Å². The first-order valence-corrected chi connectivity index (χ1v) is 7.28. The van der Waals surface area contributed by atoms with Crippen molar-refractivity contribution in [1.29, 1.82) is 0 Å². The Hall–Kier alpha value is -0.910. The molecule has 0 saturated carbocycles. The maximum Gasteiger partial charge on any atom is 0.123 e. The number of halogens is 1. The van der Waals surface area contributed by atoms with E-state index in [0.29, 0.717) is 4.60 Å². The second kappa shape index (κ2) is 5.82. The summed E-state index contributed by atoms with van der Waals surface area (Å²) in [6.45, 7) is 3.95. The topological polar surface area (TPSA) is 42.4 Å². The molecule has 1 aromatic heterocycles. The first-order valence-electron chi connectivity index (χ1n) is 5.61. The van der Waals surface area contributed by atoms with E-state index in [2.05, 4.69) is 20.9 Å². The summed E-state index contributed by atoms with van der Waals surface area (Å²) >= 11 is 4.75. The normalized spacial score (nSPS) is 12.7. The van der Waals surface area contributed by atoms with Gasteiger partial charge in [-0.3, -0.25) is 0 Å². The van der Waals surface area contributed by atoms with Gasteiger partial charge in [-0.25, -0.2) is 4.98 Å². The predicted molar refractivity (Wildman–Crippen MR) is 76.1 cm³/mol. The number of hydrogen-bond acceptors (Lipinski definition) is 4. The van der Waals surface area contributed by atoms with Crippen LogP contribution in [0.4, 0.5) is 0 Å². The third-order valence-electron chi connectivity index (χ3n) is 2.34. The summed E-state index contributed by atoms with van der Waals surface area (Å²) in [5, 5.41) is 10.3. The van der Waals surface area contributed by atoms with Gasteiger partial charge < -0.3 is 9.84 Å². The van der Waals surface area contributed by atoms with Gasteiger partial charge in [0, 0.05) is 0 Å². The zero-order chi connectivity index (χ0) is 13.1. The highest BCUT2D eigenvalue weighted by molar-refractivity contribution is 9.10. The van der Waals surface area contributed by atoms with Crippen LogP contribution in [0.1, 0.15) is 30.4 Å². The molecule has 1 unspecified atom stereocenters. The summed E-state index contributed by atoms with van der Waals surface area (Å²) in [7, 11) is 0. The van der Waals surface area contributed by atoms with Gasteiger partial charge in [-0.05, 0) is 47.5 Å². The van der Waals surface area contributed by atoms with Crippen molar-refractivity contribution >= 4 is 27.3 Å². The summed E-state index contributed by atoms with van der Waals surface area (Å²) in [6.07, 6.45) is -0.560. The molecule has 18 heavy (non-hydrogen) atoms. The SMILES string of the molecule is CC(C)Oc1cccc(C(O)c2scnc2Br)c1. The van der Waals surface area contributed by atoms with Crippen LogP contribution in [0.2, 0.25) is 0 Å². The Bertz CT molecular complexity index is 527. The molecule has 0 aliphatic rings. The zero-order valence-corrected chi connectivity index (χ0v) is 12.5. The Kier molecular flexibility index (Phi) is 4.37. The lowest BCUT2D eigenvalue weighted by Crippen LogP contribution is -2.06. The van der Waals surface area contributed by atoms with Crippen LogP contribution in [0, 0.1) is 0 Å². The van der Waals surface area contributed by atoms with Crippen molar-refractivity contribution in [2.24, 2.45) is 0 Å². The molecule has 0 bridgehead atoms. The van der Waals surface area contributed by atoms with E-state index in [1.54, 1.807) is 5.51 Å². The number of aliphatic hydroxyl groups is 1. The smallest absolute Gasteiger partial charge is 0.123 e. The Balaban J connectivity index is 2.25. The molecule has 0 aliphatic carbocycles. The van der Waals surface area contributed by atoms with Crippen LogP contribution in [0.25, 0.3) is 0 Å². The number of rotatable bonds is 4. The van der Waals surface area contributed by atoms with Crippen LogP contribution in [0.3, 0.4) is 0 Å². The van der Waals surface area contributed by atoms with Gasteiger partial charge in [-0.1, -0.05) is 12.1 Å². The number of aliphatic hydroxyl groups excluding tert-OH is 1. The molecule has 0 fully saturated rings. The van der Waals surface area contributed by atoms with Crippen molar-refractivity contribution in [3.63, 3.8) is 0 Å². The number of benzene rings is 1. The molecule has 2 rings (SSSR count). The van der Waals surface area contributed by atoms with E-state index in [1.807, 2.05) is 38.1 Å². The first-order chi connectivity index (χ1) is 8.58. The molecule has 1 N–H and O–H groups in total. The van der Waals surface area contributed by atoms with Gasteiger partial charge in [0.15, 0.2) is 0 Å². The summed E-state index contributed by atoms with van der Waals surface area (Å²) in [6, 6.07) is 7.50. The van der Waals surface area contributed by atoms with E-state index in [9.17, 15) is 5.11 Å². The zero-order valence-electron chi connectivity index (χ0n) is 10.1. The van der Waals surface area contributed by atoms with E-state index < -0.39 is 6.10 Å². The molecule has 5 heteroatoms. The molecule has 0 radical (unpaired) electrons. The van der Waals surface area contributed by atoms with Gasteiger partial charge in [0.2, 0.25) is 0 Å². The maximum atomic E-state index is 10.3. The molecule has 0 aliphatic heterocycles. The second-order valence-corrected chi connectivity index (χ2v) is 5.79. The fraction of sp³-hybridized carbons (Fsp3) is 0.308. The van der Waals surface area contributed by atoms with Crippen molar-refractivity contribution in [2.75, 3.05) is 0 Å². The van der Waals surface area contributed by atoms with E-state index in [-0.39, 0.29) is 6.10 Å². The van der Waals surface area contributed by atoms with Crippen LogP contribution in [-0.2, 0) is 0 Å². The molecule has 1 heterocycles. The minimum atomic E-state index is -0.678. The lowest BCUT2D eigenvalue weighted by molar-refractivity contribution is 0.219. The third-order valence-corrected chi connectivity index (χ3v) is 4.12. The molecule has 0 saturated heterocycles. The predicted octanol–water partition coefficient (Wildman–Crippen LogP) is 3.77. The Morgan fingerprint density at radius 3 is 2.78 bits per heavy atom. The number of aromatic nitrogens is 1. The standard InChI is InChI=1S/C13H14BrNO2S/c1-8(2)17-10-5-3-4-9(6-10)11(16)12-13(14)15-7-18-12/h3-8,11,16H,1-2H3. The summed E-state index contributed by atoms with van der Waals surface area (Å²) in [4.78, 5) is 4.88. The number of nitrogens with zero attached hydrogens (tertiary/aromatic N) is 1. The molecule has 1 aromatic carbocycles. The highest BCUT2D eigenvalue weighted by Crippen LogP contribution is 2.32. The fourth-order valence-corrected chi connectivity index (χ4v) is 3.02. The molecular formula is C13H14BrNO2S. The van der Waals surface area contributed by atoms with Crippen molar-refractivity contribution in [1.82, 2.24) is 4.98 Å². The average molecular weight is 328 g/mol. The van der Waals surface area contributed by atoms with Gasteiger partial charge in [0.25, 0.3) is 0 Å². The Labute approximate surface area is 119 Å². The molecule has 1 atom stereocenters. The summed E-state index contributed by atoms with van der Waals surface area (Å²) in [5.74, 6) is 0.766. The van der Waals surface area contributed by atoms with Crippen molar-refractivity contribution in [3.05, 3.63) is 44.8 Å². The van der Waals surface area contributed by atoms with Crippen LogP contribution >= 0.6 is 27.3 Å². The Morgan fingerprint density at radius 2 is 2.17 bits per heavy atom. The molecular weight excluding hydrogens is 314 g/mol. The minimum Gasteiger partial charge on any atom is -0.491 e. The number of thiazole rings is 1. The largest absolute Gasteiger partial charge is 0.491 e. The molecule has 0 spiro atoms. The van der Waals surface area contributed by atoms with E-state index in [0.717, 1.165) is 16.2 Å². The fourth-order valence-electron chi connectivity index (χ4n) is 1.60. The van der Waals surface area contributed by atoms with Crippen molar-refractivity contribution < 1.29 is 9.84 Å². The van der Waals surface area contributed by atoms with Crippen LogP contribution in [0.5, 0.6) is 5.75 Å². The van der Waals surface area contributed by atoms with Crippen LogP contribution < -0.4 is 4.74 Å². The van der Waals surface area contributed by atoms with Gasteiger partial charge in [-0.15, -0.1) is 11.3 Å². The second-order valence-electron chi connectivity index (χ2n) is 4.15. The Morgan fingerprint density at radius 1 is 1.39 bits per heavy atom. The highest BCUT2D eigenvalue weighted by Gasteiger charge is 2.16. The molecule has 96 valence electrons. The number of hydrogen-bond donors (Lipinski definition) is 1. The van der Waals surface area contributed by atoms with Gasteiger partial charge in [-0.2, -0.15) is 0 Å². The average Bonchev–Trinajstić information content (AvgIpc) is 2.74. The monoisotopic (exact) mass is 327 g/mol. The lowest BCUT2D eigenvalue weighted by atomic mass is 10.1. The van der Waals surface area contributed by atoms with Crippen LogP contribution in [0.15, 0.2) is 34.4 Å². The maximum absolute atomic E-state index is 10.3. The van der Waals surface area contributed by atoms with Gasteiger partial charge in [0.1, 0.15) is 16.5 Å². The molecule has 2 aromatic rings. The lowest BCUT2D eigenvalue weighted by Gasteiger charge is -2.13. The molecule has 3 nitrogen and oxygen atoms in total. The van der Waals surface area contributed by atoms with Crippen molar-refractivity contribution in [2.45, 2.75) is 26.1 Å². The molecule has 0 amide bonds.